The SMILES string of the molecule is C1=C2\N=C(c3ccccc3OB3Oc4ccccc4-c4c5ccccc5c/1n43)c1ccccc12. The lowest BCUT2D eigenvalue weighted by Crippen LogP contribution is -2.42. The van der Waals surface area contributed by atoms with Crippen LogP contribution >= 0.6 is 0 Å². The maximum atomic E-state index is 6.66. The summed E-state index contributed by atoms with van der Waals surface area (Å²) >= 11 is 0. The molecule has 3 aliphatic rings. The van der Waals surface area contributed by atoms with Crippen LogP contribution in [0, 0.1) is 0 Å². The number of hydrogen-bond donors (Lipinski definition) is 0. The van der Waals surface area contributed by atoms with Gasteiger partial charge in [0.1, 0.15) is 11.5 Å². The highest BCUT2D eigenvalue weighted by Crippen LogP contribution is 2.45. The Labute approximate surface area is 196 Å². The molecule has 4 heterocycles. The average molecular weight is 436 g/mol. The van der Waals surface area contributed by atoms with Gasteiger partial charge in [-0.15, -0.1) is 0 Å². The monoisotopic (exact) mass is 436 g/mol. The summed E-state index contributed by atoms with van der Waals surface area (Å²) < 4.78 is 15.3. The van der Waals surface area contributed by atoms with E-state index in [1.165, 1.54) is 5.39 Å². The first-order valence-electron chi connectivity index (χ1n) is 11.4. The van der Waals surface area contributed by atoms with E-state index in [2.05, 4.69) is 77.3 Å². The Morgan fingerprint density at radius 3 is 1.97 bits per heavy atom. The molecule has 0 atom stereocenters. The average Bonchev–Trinajstić information content (AvgIpc) is 3.41. The molecule has 0 N–H and O–H groups in total. The molecule has 0 amide bonds. The molecule has 0 saturated carbocycles. The van der Waals surface area contributed by atoms with E-state index in [1.54, 1.807) is 0 Å². The van der Waals surface area contributed by atoms with Crippen LogP contribution < -0.4 is 9.31 Å². The summed E-state index contributed by atoms with van der Waals surface area (Å²) in [6.45, 7) is 0. The molecule has 2 bridgehead atoms. The van der Waals surface area contributed by atoms with Gasteiger partial charge in [-0.05, 0) is 30.3 Å². The number of rotatable bonds is 0. The second-order valence-electron chi connectivity index (χ2n) is 8.72. The van der Waals surface area contributed by atoms with Crippen LogP contribution in [0.25, 0.3) is 33.8 Å². The van der Waals surface area contributed by atoms with Crippen LogP contribution in [0.4, 0.5) is 0 Å². The number of aromatic nitrogens is 1. The summed E-state index contributed by atoms with van der Waals surface area (Å²) in [5.41, 5.74) is 8.27. The van der Waals surface area contributed by atoms with Gasteiger partial charge in [0.25, 0.3) is 0 Å². The molecule has 0 aliphatic carbocycles. The number of aliphatic imine (C=N–C) groups is 1. The Kier molecular flexibility index (Phi) is 3.45. The third-order valence-electron chi connectivity index (χ3n) is 6.87. The zero-order valence-corrected chi connectivity index (χ0v) is 18.1. The molecule has 1 aromatic heterocycles. The molecule has 4 aromatic carbocycles. The third kappa shape index (κ3) is 2.31. The minimum absolute atomic E-state index is 0.647. The van der Waals surface area contributed by atoms with Crippen molar-refractivity contribution in [2.24, 2.45) is 4.99 Å². The van der Waals surface area contributed by atoms with Crippen LogP contribution in [0.5, 0.6) is 11.5 Å². The van der Waals surface area contributed by atoms with Crippen LogP contribution in [0.15, 0.2) is 102 Å². The minimum Gasteiger partial charge on any atom is -0.506 e. The van der Waals surface area contributed by atoms with Gasteiger partial charge in [0.2, 0.25) is 0 Å². The molecule has 0 spiro atoms. The van der Waals surface area contributed by atoms with Crippen LogP contribution in [-0.2, 0) is 0 Å². The summed E-state index contributed by atoms with van der Waals surface area (Å²) in [4.78, 5) is 5.13. The standard InChI is InChI=1S/C29H17BN2O2/c1-3-11-20-18(9-1)24-17-25-19-10-2-4-12-21(19)29-23-14-6-8-16-27(23)34-30(32(25)29)33-26-15-7-5-13-22(26)28(20)31-24/h1-17H/b24-17-. The van der Waals surface area contributed by atoms with Gasteiger partial charge in [0.15, 0.2) is 0 Å². The predicted octanol–water partition coefficient (Wildman–Crippen LogP) is 6.28. The highest BCUT2D eigenvalue weighted by atomic mass is 16.6. The molecule has 4 nitrogen and oxygen atoms in total. The van der Waals surface area contributed by atoms with Gasteiger partial charge >= 0.3 is 7.25 Å². The van der Waals surface area contributed by atoms with E-state index < -0.39 is 7.25 Å². The van der Waals surface area contributed by atoms with Crippen molar-refractivity contribution >= 4 is 35.5 Å². The number of fused-ring (bicyclic) bond motifs is 11. The lowest BCUT2D eigenvalue weighted by atomic mass is 9.96. The Morgan fingerprint density at radius 2 is 1.18 bits per heavy atom. The number of benzene rings is 4. The molecular formula is C29H17BN2O2. The second kappa shape index (κ2) is 6.52. The number of hydrogen-bond acceptors (Lipinski definition) is 3. The Balaban J connectivity index is 1.54. The van der Waals surface area contributed by atoms with Crippen molar-refractivity contribution in [1.82, 2.24) is 4.48 Å². The summed E-state index contributed by atoms with van der Waals surface area (Å²) in [5, 5.41) is 2.32. The largest absolute Gasteiger partial charge is 0.743 e. The molecule has 34 heavy (non-hydrogen) atoms. The van der Waals surface area contributed by atoms with Crippen LogP contribution in [0.2, 0.25) is 0 Å². The molecule has 5 heteroatoms. The zero-order valence-electron chi connectivity index (χ0n) is 18.1. The van der Waals surface area contributed by atoms with Crippen molar-refractivity contribution in [2.75, 3.05) is 0 Å². The van der Waals surface area contributed by atoms with Gasteiger partial charge in [-0.1, -0.05) is 72.8 Å². The lowest BCUT2D eigenvalue weighted by Gasteiger charge is -2.27. The highest BCUT2D eigenvalue weighted by Gasteiger charge is 2.41. The normalized spacial score (nSPS) is 16.2. The van der Waals surface area contributed by atoms with E-state index in [0.717, 1.165) is 61.9 Å². The Hall–Kier alpha value is -4.51. The molecule has 0 saturated heterocycles. The van der Waals surface area contributed by atoms with E-state index in [9.17, 15) is 0 Å². The topological polar surface area (TPSA) is 35.8 Å². The van der Waals surface area contributed by atoms with Crippen LogP contribution in [-0.4, -0.2) is 17.4 Å². The van der Waals surface area contributed by atoms with E-state index in [-0.39, 0.29) is 0 Å². The van der Waals surface area contributed by atoms with E-state index in [1.807, 2.05) is 30.3 Å². The van der Waals surface area contributed by atoms with Gasteiger partial charge < -0.3 is 13.8 Å². The fraction of sp³-hybridized carbons (Fsp3) is 0. The van der Waals surface area contributed by atoms with Gasteiger partial charge in [-0.3, -0.25) is 0 Å². The highest BCUT2D eigenvalue weighted by molar-refractivity contribution is 6.48. The molecule has 3 aliphatic heterocycles. The number of para-hydroxylation sites is 2. The van der Waals surface area contributed by atoms with Gasteiger partial charge in [-0.25, -0.2) is 4.99 Å². The summed E-state index contributed by atoms with van der Waals surface area (Å²) in [5.74, 6) is 1.57. The van der Waals surface area contributed by atoms with Crippen molar-refractivity contribution in [3.8, 4) is 22.8 Å². The van der Waals surface area contributed by atoms with E-state index in [4.69, 9.17) is 14.3 Å². The second-order valence-corrected chi connectivity index (χ2v) is 8.72. The van der Waals surface area contributed by atoms with E-state index >= 15 is 0 Å². The Bertz CT molecular complexity index is 1730. The maximum Gasteiger partial charge on any atom is 0.743 e. The van der Waals surface area contributed by atoms with Crippen molar-refractivity contribution in [3.63, 3.8) is 0 Å². The van der Waals surface area contributed by atoms with Gasteiger partial charge in [0, 0.05) is 38.7 Å². The smallest absolute Gasteiger partial charge is 0.506 e. The first-order valence-corrected chi connectivity index (χ1v) is 11.4. The van der Waals surface area contributed by atoms with Gasteiger partial charge in [-0.2, -0.15) is 0 Å². The van der Waals surface area contributed by atoms with Gasteiger partial charge in [0.05, 0.1) is 17.1 Å². The predicted molar refractivity (Wildman–Crippen MR) is 136 cm³/mol. The summed E-state index contributed by atoms with van der Waals surface area (Å²) in [7, 11) is -0.647. The fourth-order valence-electron chi connectivity index (χ4n) is 5.41. The van der Waals surface area contributed by atoms with Crippen molar-refractivity contribution < 1.29 is 9.31 Å². The lowest BCUT2D eigenvalue weighted by molar-refractivity contribution is 0.403. The Morgan fingerprint density at radius 1 is 0.588 bits per heavy atom. The summed E-state index contributed by atoms with van der Waals surface area (Å²) in [6.07, 6.45) is 2.18. The molecule has 5 aromatic rings. The number of nitrogens with zero attached hydrogens (tertiary/aromatic N) is 2. The maximum absolute atomic E-state index is 6.66. The molecule has 8 rings (SSSR count). The quantitative estimate of drug-likeness (QED) is 0.268. The minimum atomic E-state index is -0.647. The molecule has 158 valence electrons. The molecule has 0 fully saturated rings. The van der Waals surface area contributed by atoms with Crippen molar-refractivity contribution in [3.05, 3.63) is 119 Å². The van der Waals surface area contributed by atoms with Crippen molar-refractivity contribution in [1.29, 1.82) is 0 Å². The van der Waals surface area contributed by atoms with Crippen LogP contribution in [0.1, 0.15) is 22.4 Å². The first-order chi connectivity index (χ1) is 16.9. The van der Waals surface area contributed by atoms with Crippen molar-refractivity contribution in [2.45, 2.75) is 0 Å². The van der Waals surface area contributed by atoms with Crippen LogP contribution in [0.3, 0.4) is 0 Å². The fourth-order valence-corrected chi connectivity index (χ4v) is 5.41. The molecule has 0 radical (unpaired) electrons. The third-order valence-corrected chi connectivity index (χ3v) is 6.87. The van der Waals surface area contributed by atoms with E-state index in [0.29, 0.717) is 0 Å². The molecule has 0 unspecified atom stereocenters. The summed E-state index contributed by atoms with van der Waals surface area (Å²) in [6, 6.07) is 33.2. The first kappa shape index (κ1) is 18.0. The zero-order chi connectivity index (χ0) is 22.2. The molecular weight excluding hydrogens is 419 g/mol.